The van der Waals surface area contributed by atoms with Crippen LogP contribution in [0.5, 0.6) is 0 Å². The van der Waals surface area contributed by atoms with Crippen molar-refractivity contribution in [3.63, 3.8) is 0 Å². The molecular weight excluding hydrogens is 309 g/mol. The van der Waals surface area contributed by atoms with Crippen molar-refractivity contribution in [1.82, 2.24) is 0 Å². The number of nitriles is 1. The molecule has 0 aliphatic heterocycles. The van der Waals surface area contributed by atoms with Gasteiger partial charge in [-0.25, -0.2) is 0 Å². The zero-order valence-corrected chi connectivity index (χ0v) is 15.6. The van der Waals surface area contributed by atoms with Crippen LogP contribution in [0.1, 0.15) is 75.8 Å². The smallest absolute Gasteiger partial charge is 0.195 e. The number of unbranched alkanes of at least 4 members (excludes halogenated alkanes) is 1. The van der Waals surface area contributed by atoms with E-state index >= 15 is 0 Å². The molecule has 1 aliphatic carbocycles. The Balaban J connectivity index is 1.55. The molecule has 0 atom stereocenters. The molecule has 2 rings (SSSR count). The first-order chi connectivity index (χ1) is 12.2. The predicted molar refractivity (Wildman–Crippen MR) is 103 cm³/mol. The lowest BCUT2D eigenvalue weighted by atomic mass is 9.78. The van der Waals surface area contributed by atoms with E-state index in [1.807, 2.05) is 0 Å². The molecule has 25 heavy (non-hydrogen) atoms. The van der Waals surface area contributed by atoms with Gasteiger partial charge in [-0.05, 0) is 61.1 Å². The number of benzene rings is 1. The molecule has 1 fully saturated rings. The van der Waals surface area contributed by atoms with Crippen molar-refractivity contribution >= 4 is 0 Å². The van der Waals surface area contributed by atoms with Crippen LogP contribution in [0.3, 0.4) is 0 Å². The molecule has 0 aromatic heterocycles. The Morgan fingerprint density at radius 2 is 1.64 bits per heavy atom. The number of hydrogen-bond donors (Lipinski definition) is 0. The first-order valence-corrected chi connectivity index (χ1v) is 10.0. The molecule has 1 saturated carbocycles. The van der Waals surface area contributed by atoms with E-state index in [0.717, 1.165) is 24.7 Å². The fourth-order valence-corrected chi connectivity index (χ4v) is 4.00. The maximum atomic E-state index is 12.8. The van der Waals surface area contributed by atoms with E-state index in [-0.39, 0.29) is 0 Å². The number of nitrogens with zero attached hydrogens (tertiary/aromatic N) is 1. The van der Waals surface area contributed by atoms with Crippen molar-refractivity contribution in [1.29, 1.82) is 5.26 Å². The first kappa shape index (κ1) is 19.7. The summed E-state index contributed by atoms with van der Waals surface area (Å²) in [5.74, 6) is 0.999. The second kappa shape index (κ2) is 11.1. The van der Waals surface area contributed by atoms with E-state index in [1.165, 1.54) is 68.6 Å². The highest BCUT2D eigenvalue weighted by Gasteiger charge is 2.20. The first-order valence-electron chi connectivity index (χ1n) is 10.0. The molecule has 0 amide bonds. The third-order valence-corrected chi connectivity index (χ3v) is 5.73. The monoisotopic (exact) mass is 341 g/mol. The van der Waals surface area contributed by atoms with Gasteiger partial charge in [0.2, 0.25) is 0 Å². The minimum absolute atomic E-state index is 0.627. The Hall–Kier alpha value is -1.62. The standard InChI is InChI=1S/C23H32FN/c1-2-19-10-12-20(13-11-19)6-3-4-7-21-14-16-22(17-15-21)8-5-9-23(24)18-25/h9-13,21-22H,2-8,14-17H2,1H3. The van der Waals surface area contributed by atoms with E-state index in [4.69, 9.17) is 5.26 Å². The van der Waals surface area contributed by atoms with Crippen LogP contribution >= 0.6 is 0 Å². The van der Waals surface area contributed by atoms with Gasteiger partial charge >= 0.3 is 0 Å². The summed E-state index contributed by atoms with van der Waals surface area (Å²) in [6.07, 6.45) is 14.7. The summed E-state index contributed by atoms with van der Waals surface area (Å²) in [7, 11) is 0. The van der Waals surface area contributed by atoms with Gasteiger partial charge in [-0.1, -0.05) is 69.7 Å². The third kappa shape index (κ3) is 7.43. The Kier molecular flexibility index (Phi) is 8.73. The number of aryl methyl sites for hydroxylation is 2. The lowest BCUT2D eigenvalue weighted by molar-refractivity contribution is 0.250. The quantitative estimate of drug-likeness (QED) is 0.353. The Bertz CT molecular complexity index is 559. The largest absolute Gasteiger partial charge is 0.196 e. The molecule has 0 radical (unpaired) electrons. The predicted octanol–water partition coefficient (Wildman–Crippen LogP) is 6.93. The van der Waals surface area contributed by atoms with Crippen LogP contribution in [0.15, 0.2) is 36.2 Å². The van der Waals surface area contributed by atoms with Crippen molar-refractivity contribution in [3.05, 3.63) is 47.3 Å². The van der Waals surface area contributed by atoms with Gasteiger partial charge in [-0.15, -0.1) is 0 Å². The van der Waals surface area contributed by atoms with Crippen LogP contribution in [-0.2, 0) is 12.8 Å². The molecule has 136 valence electrons. The fourth-order valence-electron chi connectivity index (χ4n) is 4.00. The second-order valence-electron chi connectivity index (χ2n) is 7.54. The minimum atomic E-state index is -0.627. The van der Waals surface area contributed by atoms with Gasteiger partial charge in [0.25, 0.3) is 0 Å². The van der Waals surface area contributed by atoms with Crippen LogP contribution < -0.4 is 0 Å². The zero-order chi connectivity index (χ0) is 17.9. The summed E-state index contributed by atoms with van der Waals surface area (Å²) in [5.41, 5.74) is 2.89. The fraction of sp³-hybridized carbons (Fsp3) is 0.609. The maximum absolute atomic E-state index is 12.8. The summed E-state index contributed by atoms with van der Waals surface area (Å²) in [6.45, 7) is 2.20. The number of halogens is 1. The van der Waals surface area contributed by atoms with Crippen LogP contribution in [0, 0.1) is 23.2 Å². The minimum Gasteiger partial charge on any atom is -0.195 e. The highest BCUT2D eigenvalue weighted by molar-refractivity contribution is 5.22. The van der Waals surface area contributed by atoms with E-state index in [9.17, 15) is 4.39 Å². The number of rotatable bonds is 9. The Morgan fingerprint density at radius 1 is 1.04 bits per heavy atom. The summed E-state index contributed by atoms with van der Waals surface area (Å²) >= 11 is 0. The van der Waals surface area contributed by atoms with Crippen molar-refractivity contribution in [2.75, 3.05) is 0 Å². The van der Waals surface area contributed by atoms with Crippen molar-refractivity contribution < 1.29 is 4.39 Å². The molecule has 2 heteroatoms. The summed E-state index contributed by atoms with van der Waals surface area (Å²) in [4.78, 5) is 0. The van der Waals surface area contributed by atoms with Crippen LogP contribution in [0.4, 0.5) is 4.39 Å². The molecule has 0 saturated heterocycles. The molecule has 0 bridgehead atoms. The zero-order valence-electron chi connectivity index (χ0n) is 15.6. The second-order valence-corrected chi connectivity index (χ2v) is 7.54. The highest BCUT2D eigenvalue weighted by Crippen LogP contribution is 2.34. The van der Waals surface area contributed by atoms with E-state index in [1.54, 1.807) is 6.07 Å². The van der Waals surface area contributed by atoms with Gasteiger partial charge in [0.1, 0.15) is 6.07 Å². The van der Waals surface area contributed by atoms with Gasteiger partial charge in [0.15, 0.2) is 5.83 Å². The SMILES string of the molecule is CCc1ccc(CCCCC2CCC(CCC=C(F)C#N)CC2)cc1. The van der Waals surface area contributed by atoms with E-state index < -0.39 is 5.83 Å². The Labute approximate surface area is 152 Å². The van der Waals surface area contributed by atoms with Gasteiger partial charge in [0, 0.05) is 0 Å². The van der Waals surface area contributed by atoms with Gasteiger partial charge in [-0.2, -0.15) is 9.65 Å². The van der Waals surface area contributed by atoms with Gasteiger partial charge < -0.3 is 0 Å². The number of allylic oxidation sites excluding steroid dienone is 2. The van der Waals surface area contributed by atoms with E-state index in [2.05, 4.69) is 31.2 Å². The lowest BCUT2D eigenvalue weighted by Crippen LogP contribution is -2.14. The molecular formula is C23H32FN. The molecule has 0 unspecified atom stereocenters. The molecule has 1 aliphatic rings. The van der Waals surface area contributed by atoms with Crippen molar-refractivity contribution in [3.8, 4) is 6.07 Å². The topological polar surface area (TPSA) is 23.8 Å². The van der Waals surface area contributed by atoms with Gasteiger partial charge in [-0.3, -0.25) is 0 Å². The summed E-state index contributed by atoms with van der Waals surface area (Å²) in [5, 5.41) is 8.41. The number of hydrogen-bond acceptors (Lipinski definition) is 1. The third-order valence-electron chi connectivity index (χ3n) is 5.73. The molecule has 0 spiro atoms. The lowest BCUT2D eigenvalue weighted by Gasteiger charge is -2.28. The normalized spacial score (nSPS) is 21.1. The molecule has 0 N–H and O–H groups in total. The average molecular weight is 342 g/mol. The van der Waals surface area contributed by atoms with Crippen LogP contribution in [0.25, 0.3) is 0 Å². The van der Waals surface area contributed by atoms with Crippen molar-refractivity contribution in [2.45, 2.75) is 77.6 Å². The molecule has 1 aromatic rings. The maximum Gasteiger partial charge on any atom is 0.196 e. The summed E-state index contributed by atoms with van der Waals surface area (Å²) in [6, 6.07) is 10.6. The summed E-state index contributed by atoms with van der Waals surface area (Å²) < 4.78 is 12.8. The highest BCUT2D eigenvalue weighted by atomic mass is 19.1. The van der Waals surface area contributed by atoms with Gasteiger partial charge in [0.05, 0.1) is 0 Å². The van der Waals surface area contributed by atoms with Crippen LogP contribution in [0.2, 0.25) is 0 Å². The average Bonchev–Trinajstić information content (AvgIpc) is 2.66. The van der Waals surface area contributed by atoms with Crippen LogP contribution in [-0.4, -0.2) is 0 Å². The molecule has 1 nitrogen and oxygen atoms in total. The molecule has 1 aromatic carbocycles. The Morgan fingerprint density at radius 3 is 2.24 bits per heavy atom. The molecule has 0 heterocycles. The van der Waals surface area contributed by atoms with Crippen molar-refractivity contribution in [2.24, 2.45) is 11.8 Å². The van der Waals surface area contributed by atoms with E-state index in [0.29, 0.717) is 6.42 Å².